The van der Waals surface area contributed by atoms with Gasteiger partial charge in [0.1, 0.15) is 5.84 Å². The first-order chi connectivity index (χ1) is 7.69. The summed E-state index contributed by atoms with van der Waals surface area (Å²) in [5.74, 6) is 0.0578. The summed E-state index contributed by atoms with van der Waals surface area (Å²) in [4.78, 5) is 11.8. The lowest BCUT2D eigenvalue weighted by atomic mass is 9.99. The largest absolute Gasteiger partial charge is 0.409 e. The molecular formula is C10H19N3O3. The lowest BCUT2D eigenvalue weighted by Gasteiger charge is -2.16. The van der Waals surface area contributed by atoms with Gasteiger partial charge in [0.05, 0.1) is 12.0 Å². The SMILES string of the molecule is CCC1OCCC1C(=O)NCCC(N)=NO. The first-order valence-corrected chi connectivity index (χ1v) is 5.54. The summed E-state index contributed by atoms with van der Waals surface area (Å²) in [5.41, 5.74) is 5.29. The Balaban J connectivity index is 2.29. The number of rotatable bonds is 5. The van der Waals surface area contributed by atoms with Crippen molar-refractivity contribution >= 4 is 11.7 Å². The standard InChI is InChI=1S/C10H19N3O3/c1-2-8-7(4-6-16-8)10(14)12-5-3-9(11)13-15/h7-8,15H,2-6H2,1H3,(H2,11,13)(H,12,14). The van der Waals surface area contributed by atoms with E-state index in [9.17, 15) is 4.79 Å². The maximum Gasteiger partial charge on any atom is 0.225 e. The number of hydrogen-bond acceptors (Lipinski definition) is 4. The molecule has 6 heteroatoms. The molecule has 1 fully saturated rings. The number of nitrogens with zero attached hydrogens (tertiary/aromatic N) is 1. The molecule has 1 amide bonds. The lowest BCUT2D eigenvalue weighted by Crippen LogP contribution is -2.36. The molecule has 0 aliphatic carbocycles. The van der Waals surface area contributed by atoms with Crippen molar-refractivity contribution in [1.82, 2.24) is 5.32 Å². The highest BCUT2D eigenvalue weighted by Gasteiger charge is 2.32. The van der Waals surface area contributed by atoms with Gasteiger partial charge in [-0.3, -0.25) is 4.79 Å². The third-order valence-corrected chi connectivity index (χ3v) is 2.76. The Morgan fingerprint density at radius 2 is 2.44 bits per heavy atom. The molecule has 0 spiro atoms. The van der Waals surface area contributed by atoms with E-state index in [1.54, 1.807) is 0 Å². The van der Waals surface area contributed by atoms with E-state index in [0.717, 1.165) is 12.8 Å². The van der Waals surface area contributed by atoms with Crippen LogP contribution in [0.1, 0.15) is 26.2 Å². The van der Waals surface area contributed by atoms with Crippen LogP contribution in [-0.4, -0.2) is 36.2 Å². The molecule has 0 saturated carbocycles. The van der Waals surface area contributed by atoms with E-state index in [1.165, 1.54) is 0 Å². The fourth-order valence-corrected chi connectivity index (χ4v) is 1.85. The molecule has 0 bridgehead atoms. The van der Waals surface area contributed by atoms with Crippen LogP contribution in [0.25, 0.3) is 0 Å². The normalized spacial score (nSPS) is 25.7. The fourth-order valence-electron chi connectivity index (χ4n) is 1.85. The van der Waals surface area contributed by atoms with Crippen molar-refractivity contribution in [2.24, 2.45) is 16.8 Å². The second-order valence-electron chi connectivity index (χ2n) is 3.85. The van der Waals surface area contributed by atoms with Crippen LogP contribution >= 0.6 is 0 Å². The Hall–Kier alpha value is -1.30. The summed E-state index contributed by atoms with van der Waals surface area (Å²) in [7, 11) is 0. The molecule has 0 aromatic carbocycles. The summed E-state index contributed by atoms with van der Waals surface area (Å²) >= 11 is 0. The average molecular weight is 229 g/mol. The second-order valence-corrected chi connectivity index (χ2v) is 3.85. The Bertz CT molecular complexity index is 268. The van der Waals surface area contributed by atoms with E-state index in [2.05, 4.69) is 10.5 Å². The monoisotopic (exact) mass is 229 g/mol. The topological polar surface area (TPSA) is 96.9 Å². The van der Waals surface area contributed by atoms with Gasteiger partial charge in [-0.15, -0.1) is 0 Å². The van der Waals surface area contributed by atoms with E-state index in [4.69, 9.17) is 15.7 Å². The van der Waals surface area contributed by atoms with Crippen LogP contribution in [0.2, 0.25) is 0 Å². The molecule has 2 unspecified atom stereocenters. The number of hydrogen-bond donors (Lipinski definition) is 3. The molecule has 1 aliphatic heterocycles. The van der Waals surface area contributed by atoms with Gasteiger partial charge in [-0.1, -0.05) is 12.1 Å². The molecule has 0 radical (unpaired) electrons. The highest BCUT2D eigenvalue weighted by molar-refractivity contribution is 5.82. The minimum Gasteiger partial charge on any atom is -0.409 e. The number of carbonyl (C=O) groups is 1. The van der Waals surface area contributed by atoms with E-state index in [0.29, 0.717) is 19.6 Å². The van der Waals surface area contributed by atoms with Crippen molar-refractivity contribution in [3.8, 4) is 0 Å². The summed E-state index contributed by atoms with van der Waals surface area (Å²) in [5, 5.41) is 13.9. The maximum atomic E-state index is 11.8. The van der Waals surface area contributed by atoms with Gasteiger partial charge in [0.2, 0.25) is 5.91 Å². The van der Waals surface area contributed by atoms with Gasteiger partial charge in [0.15, 0.2) is 0 Å². The van der Waals surface area contributed by atoms with Crippen LogP contribution in [-0.2, 0) is 9.53 Å². The van der Waals surface area contributed by atoms with Crippen LogP contribution in [0.4, 0.5) is 0 Å². The number of amides is 1. The molecule has 92 valence electrons. The Kier molecular flexibility index (Phi) is 5.04. The fraction of sp³-hybridized carbons (Fsp3) is 0.800. The summed E-state index contributed by atoms with van der Waals surface area (Å²) in [6.45, 7) is 3.05. The van der Waals surface area contributed by atoms with E-state index in [-0.39, 0.29) is 23.8 Å². The number of oxime groups is 1. The average Bonchev–Trinajstić information content (AvgIpc) is 2.76. The number of nitrogens with one attached hydrogen (secondary N) is 1. The van der Waals surface area contributed by atoms with Crippen LogP contribution in [0.15, 0.2) is 5.16 Å². The van der Waals surface area contributed by atoms with Crippen LogP contribution in [0.3, 0.4) is 0 Å². The van der Waals surface area contributed by atoms with Gasteiger partial charge >= 0.3 is 0 Å². The molecule has 0 aromatic rings. The minimum atomic E-state index is -0.0581. The summed E-state index contributed by atoms with van der Waals surface area (Å²) in [6, 6.07) is 0. The highest BCUT2D eigenvalue weighted by atomic mass is 16.5. The Morgan fingerprint density at radius 1 is 1.69 bits per heavy atom. The van der Waals surface area contributed by atoms with Crippen molar-refractivity contribution in [1.29, 1.82) is 0 Å². The van der Waals surface area contributed by atoms with Crippen molar-refractivity contribution in [2.75, 3.05) is 13.2 Å². The number of carbonyl (C=O) groups excluding carboxylic acids is 1. The quantitative estimate of drug-likeness (QED) is 0.269. The van der Waals surface area contributed by atoms with E-state index >= 15 is 0 Å². The molecule has 2 atom stereocenters. The zero-order valence-corrected chi connectivity index (χ0v) is 9.48. The predicted octanol–water partition coefficient (Wildman–Crippen LogP) is 0.0542. The molecule has 1 aliphatic rings. The third-order valence-electron chi connectivity index (χ3n) is 2.76. The Labute approximate surface area is 94.8 Å². The zero-order valence-electron chi connectivity index (χ0n) is 9.48. The Morgan fingerprint density at radius 3 is 3.06 bits per heavy atom. The molecule has 6 nitrogen and oxygen atoms in total. The second kappa shape index (κ2) is 6.32. The number of ether oxygens (including phenoxy) is 1. The predicted molar refractivity (Wildman–Crippen MR) is 59.2 cm³/mol. The molecule has 4 N–H and O–H groups in total. The summed E-state index contributed by atoms with van der Waals surface area (Å²) in [6.07, 6.45) is 2.00. The molecule has 0 aromatic heterocycles. The summed E-state index contributed by atoms with van der Waals surface area (Å²) < 4.78 is 5.44. The molecular weight excluding hydrogens is 210 g/mol. The third kappa shape index (κ3) is 3.37. The molecule has 1 heterocycles. The zero-order chi connectivity index (χ0) is 12.0. The van der Waals surface area contributed by atoms with Crippen LogP contribution in [0, 0.1) is 5.92 Å². The van der Waals surface area contributed by atoms with Gasteiger partial charge in [-0.2, -0.15) is 0 Å². The first kappa shape index (κ1) is 12.8. The van der Waals surface area contributed by atoms with Crippen molar-refractivity contribution < 1.29 is 14.7 Å². The van der Waals surface area contributed by atoms with Gasteiger partial charge in [-0.25, -0.2) is 0 Å². The smallest absolute Gasteiger partial charge is 0.225 e. The van der Waals surface area contributed by atoms with Crippen molar-refractivity contribution in [3.05, 3.63) is 0 Å². The van der Waals surface area contributed by atoms with Crippen LogP contribution in [0.5, 0.6) is 0 Å². The molecule has 1 saturated heterocycles. The van der Waals surface area contributed by atoms with Crippen molar-refractivity contribution in [2.45, 2.75) is 32.3 Å². The van der Waals surface area contributed by atoms with Crippen LogP contribution < -0.4 is 11.1 Å². The first-order valence-electron chi connectivity index (χ1n) is 5.54. The number of nitrogens with two attached hydrogens (primary N) is 1. The van der Waals surface area contributed by atoms with Gasteiger partial charge < -0.3 is 21.0 Å². The minimum absolute atomic E-state index is 0.00455. The van der Waals surface area contributed by atoms with Gasteiger partial charge in [0.25, 0.3) is 0 Å². The van der Waals surface area contributed by atoms with E-state index < -0.39 is 0 Å². The van der Waals surface area contributed by atoms with Gasteiger partial charge in [-0.05, 0) is 12.8 Å². The van der Waals surface area contributed by atoms with Crippen molar-refractivity contribution in [3.63, 3.8) is 0 Å². The number of amidine groups is 1. The highest BCUT2D eigenvalue weighted by Crippen LogP contribution is 2.23. The molecule has 1 rings (SSSR count). The molecule has 16 heavy (non-hydrogen) atoms. The van der Waals surface area contributed by atoms with Gasteiger partial charge in [0, 0.05) is 19.6 Å². The maximum absolute atomic E-state index is 11.8. The lowest BCUT2D eigenvalue weighted by molar-refractivity contribution is -0.126. The van der Waals surface area contributed by atoms with E-state index in [1.807, 2.05) is 6.92 Å².